The van der Waals surface area contributed by atoms with Gasteiger partial charge in [0.15, 0.2) is 0 Å². The molecule has 2 aliphatic rings. The lowest BCUT2D eigenvalue weighted by Crippen LogP contribution is -2.54. The van der Waals surface area contributed by atoms with Crippen LogP contribution >= 0.6 is 23.2 Å². The molecule has 1 atom stereocenters. The topological polar surface area (TPSA) is 60.9 Å². The summed E-state index contributed by atoms with van der Waals surface area (Å²) in [6, 6.07) is 14.6. The highest BCUT2D eigenvalue weighted by atomic mass is 35.5. The van der Waals surface area contributed by atoms with Crippen molar-refractivity contribution >= 4 is 39.1 Å². The highest BCUT2D eigenvalue weighted by Gasteiger charge is 2.37. The van der Waals surface area contributed by atoms with Gasteiger partial charge in [0, 0.05) is 32.7 Å². The van der Waals surface area contributed by atoms with E-state index in [1.54, 1.807) is 11.0 Å². The fourth-order valence-corrected chi connectivity index (χ4v) is 6.84. The number of carbonyl (C=O) groups excluding carboxylic acids is 1. The standard InChI is InChI=1S/C22H25Cl2N3O3S/c23-18-8-4-9-19(24)21(18)31(29,30)27-14-12-25(13-15-27)22(28)20-10-5-11-26(20)16-17-6-2-1-3-7-17/h1-4,6-9,20H,5,10-16H2/t20-/m0/s1. The molecule has 2 aromatic rings. The number of piperazine rings is 1. The number of hydrogen-bond acceptors (Lipinski definition) is 4. The van der Waals surface area contributed by atoms with E-state index >= 15 is 0 Å². The van der Waals surface area contributed by atoms with Crippen molar-refractivity contribution in [3.63, 3.8) is 0 Å². The summed E-state index contributed by atoms with van der Waals surface area (Å²) in [5, 5.41) is 0.210. The predicted octanol–water partition coefficient (Wildman–Crippen LogP) is 3.49. The van der Waals surface area contributed by atoms with Crippen molar-refractivity contribution < 1.29 is 13.2 Å². The second-order valence-electron chi connectivity index (χ2n) is 7.89. The smallest absolute Gasteiger partial charge is 0.246 e. The summed E-state index contributed by atoms with van der Waals surface area (Å²) in [7, 11) is -3.82. The summed E-state index contributed by atoms with van der Waals surface area (Å²) < 4.78 is 27.5. The summed E-state index contributed by atoms with van der Waals surface area (Å²) in [6.07, 6.45) is 1.82. The minimum absolute atomic E-state index is 0.0667. The van der Waals surface area contributed by atoms with Gasteiger partial charge in [-0.3, -0.25) is 9.69 Å². The first-order chi connectivity index (χ1) is 14.9. The Bertz CT molecular complexity index is 1020. The molecule has 31 heavy (non-hydrogen) atoms. The Kier molecular flexibility index (Phi) is 6.89. The van der Waals surface area contributed by atoms with E-state index in [1.165, 1.54) is 22.0 Å². The molecule has 9 heteroatoms. The van der Waals surface area contributed by atoms with Gasteiger partial charge in [-0.05, 0) is 37.1 Å². The highest BCUT2D eigenvalue weighted by Crippen LogP contribution is 2.32. The molecule has 2 heterocycles. The van der Waals surface area contributed by atoms with Crippen LogP contribution in [0.25, 0.3) is 0 Å². The molecule has 0 saturated carbocycles. The number of likely N-dealkylation sites (tertiary alicyclic amines) is 1. The molecule has 0 radical (unpaired) electrons. The first kappa shape index (κ1) is 22.6. The number of sulfonamides is 1. The summed E-state index contributed by atoms with van der Waals surface area (Å²) in [5.41, 5.74) is 1.19. The van der Waals surface area contributed by atoms with Gasteiger partial charge in [0.1, 0.15) is 4.90 Å². The Morgan fingerprint density at radius 2 is 1.55 bits per heavy atom. The minimum Gasteiger partial charge on any atom is -0.339 e. The SMILES string of the molecule is O=C([C@@H]1CCCN1Cc1ccccc1)N1CCN(S(=O)(=O)c2c(Cl)cccc2Cl)CC1. The number of carbonyl (C=O) groups is 1. The largest absolute Gasteiger partial charge is 0.339 e. The summed E-state index contributed by atoms with van der Waals surface area (Å²) in [4.78, 5) is 17.2. The summed E-state index contributed by atoms with van der Waals surface area (Å²) in [5.74, 6) is 0.0845. The molecule has 0 aromatic heterocycles. The van der Waals surface area contributed by atoms with Crippen LogP contribution in [0.1, 0.15) is 18.4 Å². The van der Waals surface area contributed by atoms with Crippen molar-refractivity contribution in [2.75, 3.05) is 32.7 Å². The van der Waals surface area contributed by atoms with Gasteiger partial charge in [0.25, 0.3) is 0 Å². The fourth-order valence-electron chi connectivity index (χ4n) is 4.33. The lowest BCUT2D eigenvalue weighted by Gasteiger charge is -2.37. The van der Waals surface area contributed by atoms with Crippen LogP contribution in [0, 0.1) is 0 Å². The van der Waals surface area contributed by atoms with Crippen molar-refractivity contribution in [2.45, 2.75) is 30.3 Å². The Morgan fingerprint density at radius 1 is 0.903 bits per heavy atom. The van der Waals surface area contributed by atoms with Crippen LogP contribution in [0.5, 0.6) is 0 Å². The van der Waals surface area contributed by atoms with Crippen molar-refractivity contribution in [3.8, 4) is 0 Å². The van der Waals surface area contributed by atoms with Gasteiger partial charge in [0.2, 0.25) is 15.9 Å². The third-order valence-corrected chi connectivity index (χ3v) is 8.80. The molecule has 0 unspecified atom stereocenters. The number of amides is 1. The highest BCUT2D eigenvalue weighted by molar-refractivity contribution is 7.89. The van der Waals surface area contributed by atoms with E-state index in [1.807, 2.05) is 18.2 Å². The Morgan fingerprint density at radius 3 is 2.19 bits per heavy atom. The molecule has 2 aliphatic heterocycles. The van der Waals surface area contributed by atoms with E-state index in [9.17, 15) is 13.2 Å². The third kappa shape index (κ3) is 4.76. The van der Waals surface area contributed by atoms with Crippen LogP contribution in [0.3, 0.4) is 0 Å². The van der Waals surface area contributed by atoms with Gasteiger partial charge in [0.05, 0.1) is 16.1 Å². The van der Waals surface area contributed by atoms with E-state index in [-0.39, 0.29) is 40.0 Å². The summed E-state index contributed by atoms with van der Waals surface area (Å²) >= 11 is 12.2. The normalized spacial score (nSPS) is 20.8. The van der Waals surface area contributed by atoms with Gasteiger partial charge >= 0.3 is 0 Å². The maximum Gasteiger partial charge on any atom is 0.246 e. The second kappa shape index (κ2) is 9.46. The van der Waals surface area contributed by atoms with Crippen molar-refractivity contribution in [3.05, 3.63) is 64.1 Å². The van der Waals surface area contributed by atoms with Crippen LogP contribution in [0.4, 0.5) is 0 Å². The Hall–Kier alpha value is -1.64. The van der Waals surface area contributed by atoms with Gasteiger partial charge < -0.3 is 4.90 Å². The number of hydrogen-bond donors (Lipinski definition) is 0. The van der Waals surface area contributed by atoms with Crippen molar-refractivity contribution in [2.24, 2.45) is 0 Å². The number of rotatable bonds is 5. The molecule has 2 saturated heterocycles. The van der Waals surface area contributed by atoms with Gasteiger partial charge in [-0.15, -0.1) is 0 Å². The van der Waals surface area contributed by atoms with E-state index in [0.717, 1.165) is 25.9 Å². The zero-order chi connectivity index (χ0) is 22.0. The maximum absolute atomic E-state index is 13.2. The second-order valence-corrected chi connectivity index (χ2v) is 10.6. The number of halogens is 2. The molecular weight excluding hydrogens is 457 g/mol. The quantitative estimate of drug-likeness (QED) is 0.655. The van der Waals surface area contributed by atoms with E-state index < -0.39 is 10.0 Å². The zero-order valence-electron chi connectivity index (χ0n) is 17.1. The molecule has 0 spiro atoms. The molecule has 0 N–H and O–H groups in total. The average molecular weight is 482 g/mol. The predicted molar refractivity (Wildman–Crippen MR) is 122 cm³/mol. The van der Waals surface area contributed by atoms with Crippen molar-refractivity contribution in [1.29, 1.82) is 0 Å². The van der Waals surface area contributed by atoms with Crippen LogP contribution in [-0.2, 0) is 21.4 Å². The van der Waals surface area contributed by atoms with E-state index in [0.29, 0.717) is 13.1 Å². The molecule has 166 valence electrons. The molecule has 1 amide bonds. The molecule has 6 nitrogen and oxygen atoms in total. The molecule has 0 bridgehead atoms. The molecule has 2 aromatic carbocycles. The first-order valence-electron chi connectivity index (χ1n) is 10.4. The van der Waals surface area contributed by atoms with Crippen LogP contribution < -0.4 is 0 Å². The van der Waals surface area contributed by atoms with Crippen LogP contribution in [-0.4, -0.2) is 67.2 Å². The van der Waals surface area contributed by atoms with Crippen LogP contribution in [0.15, 0.2) is 53.4 Å². The van der Waals surface area contributed by atoms with E-state index in [4.69, 9.17) is 23.2 Å². The molecule has 2 fully saturated rings. The van der Waals surface area contributed by atoms with Gasteiger partial charge in [-0.1, -0.05) is 59.6 Å². The lowest BCUT2D eigenvalue weighted by atomic mass is 10.1. The molecular formula is C22H25Cl2N3O3S. The van der Waals surface area contributed by atoms with Crippen molar-refractivity contribution in [1.82, 2.24) is 14.1 Å². The molecule has 0 aliphatic carbocycles. The number of nitrogens with zero attached hydrogens (tertiary/aromatic N) is 3. The third-order valence-electron chi connectivity index (χ3n) is 5.94. The first-order valence-corrected chi connectivity index (χ1v) is 12.6. The fraction of sp³-hybridized carbons (Fsp3) is 0.409. The van der Waals surface area contributed by atoms with Crippen LogP contribution in [0.2, 0.25) is 10.0 Å². The van der Waals surface area contributed by atoms with Gasteiger partial charge in [-0.2, -0.15) is 4.31 Å². The lowest BCUT2D eigenvalue weighted by molar-refractivity contribution is -0.137. The number of benzene rings is 2. The average Bonchev–Trinajstić information content (AvgIpc) is 3.22. The zero-order valence-corrected chi connectivity index (χ0v) is 19.4. The Balaban J connectivity index is 1.41. The minimum atomic E-state index is -3.82. The van der Waals surface area contributed by atoms with E-state index in [2.05, 4.69) is 17.0 Å². The monoisotopic (exact) mass is 481 g/mol. The van der Waals surface area contributed by atoms with Gasteiger partial charge in [-0.25, -0.2) is 8.42 Å². The molecule has 4 rings (SSSR count). The summed E-state index contributed by atoms with van der Waals surface area (Å²) in [6.45, 7) is 2.80. The Labute approximate surface area is 193 Å². The maximum atomic E-state index is 13.2.